The Bertz CT molecular complexity index is 812. The third kappa shape index (κ3) is 3.75. The third-order valence-corrected chi connectivity index (χ3v) is 6.28. The van der Waals surface area contributed by atoms with Crippen molar-refractivity contribution in [3.05, 3.63) is 35.4 Å². The summed E-state index contributed by atoms with van der Waals surface area (Å²) in [5.41, 5.74) is 0.628. The SMILES string of the molecule is CCC(=O)N1CCC2(CC1)OCC(C(=O)NC1CC1)N2C(=O)c1ccccc1C. The molecule has 0 bridgehead atoms. The zero-order chi connectivity index (χ0) is 20.6. The van der Waals surface area contributed by atoms with Crippen LogP contribution in [0.1, 0.15) is 54.9 Å². The van der Waals surface area contributed by atoms with Crippen molar-refractivity contribution in [2.45, 2.75) is 63.8 Å². The van der Waals surface area contributed by atoms with Gasteiger partial charge in [0.25, 0.3) is 5.91 Å². The van der Waals surface area contributed by atoms with E-state index in [9.17, 15) is 14.4 Å². The van der Waals surface area contributed by atoms with Crippen molar-refractivity contribution in [1.82, 2.24) is 15.1 Å². The number of piperidine rings is 1. The number of amides is 3. The van der Waals surface area contributed by atoms with E-state index in [0.29, 0.717) is 37.9 Å². The van der Waals surface area contributed by atoms with Crippen LogP contribution in [0.5, 0.6) is 0 Å². The van der Waals surface area contributed by atoms with Crippen LogP contribution in [0, 0.1) is 6.92 Å². The van der Waals surface area contributed by atoms with Crippen LogP contribution in [0.3, 0.4) is 0 Å². The quantitative estimate of drug-likeness (QED) is 0.838. The van der Waals surface area contributed by atoms with Crippen LogP contribution in [0.25, 0.3) is 0 Å². The van der Waals surface area contributed by atoms with Crippen molar-refractivity contribution in [3.8, 4) is 0 Å². The van der Waals surface area contributed by atoms with Crippen molar-refractivity contribution >= 4 is 17.7 Å². The normalized spacial score (nSPS) is 23.3. The highest BCUT2D eigenvalue weighted by atomic mass is 16.5. The summed E-state index contributed by atoms with van der Waals surface area (Å²) in [6, 6.07) is 7.02. The standard InChI is InChI=1S/C22H29N3O4/c1-3-19(26)24-12-10-22(11-13-24)25(21(28)17-7-5-4-6-15(17)2)18(14-29-22)20(27)23-16-8-9-16/h4-7,16,18H,3,8-14H2,1-2H3,(H,23,27). The van der Waals surface area contributed by atoms with E-state index in [0.717, 1.165) is 18.4 Å². The molecule has 7 nitrogen and oxygen atoms in total. The minimum absolute atomic E-state index is 0.109. The molecule has 2 saturated heterocycles. The summed E-state index contributed by atoms with van der Waals surface area (Å²) >= 11 is 0. The second kappa shape index (κ2) is 7.78. The molecule has 156 valence electrons. The van der Waals surface area contributed by atoms with Gasteiger partial charge in [0.2, 0.25) is 11.8 Å². The van der Waals surface area contributed by atoms with Gasteiger partial charge in [0.15, 0.2) is 0 Å². The summed E-state index contributed by atoms with van der Waals surface area (Å²) < 4.78 is 6.18. The molecule has 1 atom stereocenters. The molecule has 3 amide bonds. The Morgan fingerprint density at radius 3 is 2.48 bits per heavy atom. The fourth-order valence-electron chi connectivity index (χ4n) is 4.36. The van der Waals surface area contributed by atoms with Gasteiger partial charge in [-0.15, -0.1) is 0 Å². The van der Waals surface area contributed by atoms with Crippen LogP contribution in [-0.4, -0.2) is 65.0 Å². The molecule has 1 N–H and O–H groups in total. The first-order chi connectivity index (χ1) is 13.9. The van der Waals surface area contributed by atoms with E-state index in [4.69, 9.17) is 4.74 Å². The number of nitrogens with zero attached hydrogens (tertiary/aromatic N) is 2. The summed E-state index contributed by atoms with van der Waals surface area (Å²) in [5.74, 6) is -0.206. The number of carbonyl (C=O) groups excluding carboxylic acids is 3. The molecule has 1 saturated carbocycles. The van der Waals surface area contributed by atoms with E-state index < -0.39 is 11.8 Å². The molecule has 4 rings (SSSR count). The molecule has 1 unspecified atom stereocenters. The summed E-state index contributed by atoms with van der Waals surface area (Å²) in [4.78, 5) is 42.1. The Morgan fingerprint density at radius 2 is 1.86 bits per heavy atom. The average molecular weight is 399 g/mol. The Morgan fingerprint density at radius 1 is 1.17 bits per heavy atom. The van der Waals surface area contributed by atoms with Crippen LogP contribution in [0.15, 0.2) is 24.3 Å². The minimum atomic E-state index is -0.838. The maximum Gasteiger partial charge on any atom is 0.257 e. The Labute approximate surface area is 171 Å². The summed E-state index contributed by atoms with van der Waals surface area (Å²) in [6.07, 6.45) is 3.48. The summed E-state index contributed by atoms with van der Waals surface area (Å²) in [7, 11) is 0. The van der Waals surface area contributed by atoms with Crippen molar-refractivity contribution in [2.24, 2.45) is 0 Å². The molecule has 1 spiro atoms. The first kappa shape index (κ1) is 19.9. The number of carbonyl (C=O) groups is 3. The van der Waals surface area contributed by atoms with Gasteiger partial charge in [0.05, 0.1) is 6.61 Å². The fraction of sp³-hybridized carbons (Fsp3) is 0.591. The molecule has 3 aliphatic rings. The number of hydrogen-bond donors (Lipinski definition) is 1. The van der Waals surface area contributed by atoms with E-state index in [1.807, 2.05) is 36.9 Å². The van der Waals surface area contributed by atoms with E-state index in [1.165, 1.54) is 0 Å². The highest BCUT2D eigenvalue weighted by Gasteiger charge is 2.54. The Balaban J connectivity index is 1.62. The molecule has 29 heavy (non-hydrogen) atoms. The van der Waals surface area contributed by atoms with Crippen LogP contribution in [-0.2, 0) is 14.3 Å². The molecule has 7 heteroatoms. The minimum Gasteiger partial charge on any atom is -0.353 e. The number of benzene rings is 1. The second-order valence-corrected chi connectivity index (χ2v) is 8.28. The second-order valence-electron chi connectivity index (χ2n) is 8.28. The highest BCUT2D eigenvalue weighted by Crippen LogP contribution is 2.39. The largest absolute Gasteiger partial charge is 0.353 e. The van der Waals surface area contributed by atoms with E-state index in [-0.39, 0.29) is 30.4 Å². The summed E-state index contributed by atoms with van der Waals surface area (Å²) in [5, 5.41) is 3.03. The van der Waals surface area contributed by atoms with Crippen LogP contribution in [0.4, 0.5) is 0 Å². The predicted molar refractivity (Wildman–Crippen MR) is 107 cm³/mol. The zero-order valence-corrected chi connectivity index (χ0v) is 17.1. The molecule has 1 aromatic rings. The van der Waals surface area contributed by atoms with Gasteiger partial charge in [-0.3, -0.25) is 19.3 Å². The number of hydrogen-bond acceptors (Lipinski definition) is 4. The third-order valence-electron chi connectivity index (χ3n) is 6.28. The topological polar surface area (TPSA) is 79.0 Å². The summed E-state index contributed by atoms with van der Waals surface area (Å²) in [6.45, 7) is 5.00. The number of rotatable bonds is 4. The van der Waals surface area contributed by atoms with Gasteiger partial charge in [0, 0.05) is 44.0 Å². The Kier molecular flexibility index (Phi) is 5.34. The molecule has 2 heterocycles. The molecule has 0 radical (unpaired) electrons. The van der Waals surface area contributed by atoms with Gasteiger partial charge in [-0.1, -0.05) is 25.1 Å². The van der Waals surface area contributed by atoms with Crippen molar-refractivity contribution in [2.75, 3.05) is 19.7 Å². The smallest absolute Gasteiger partial charge is 0.257 e. The first-order valence-electron chi connectivity index (χ1n) is 10.6. The Hall–Kier alpha value is -2.41. The van der Waals surface area contributed by atoms with Crippen molar-refractivity contribution in [3.63, 3.8) is 0 Å². The lowest BCUT2D eigenvalue weighted by atomic mass is 9.95. The predicted octanol–water partition coefficient (Wildman–Crippen LogP) is 1.84. The molecule has 1 aliphatic carbocycles. The highest BCUT2D eigenvalue weighted by molar-refractivity contribution is 5.99. The first-order valence-corrected chi connectivity index (χ1v) is 10.6. The van der Waals surface area contributed by atoms with Gasteiger partial charge >= 0.3 is 0 Å². The molecule has 3 fully saturated rings. The van der Waals surface area contributed by atoms with Gasteiger partial charge in [-0.05, 0) is 31.4 Å². The monoisotopic (exact) mass is 399 g/mol. The number of likely N-dealkylation sites (tertiary alicyclic amines) is 1. The van der Waals surface area contributed by atoms with Crippen LogP contribution < -0.4 is 5.32 Å². The maximum atomic E-state index is 13.6. The molecule has 1 aromatic carbocycles. The van der Waals surface area contributed by atoms with E-state index >= 15 is 0 Å². The number of ether oxygens (including phenoxy) is 1. The lowest BCUT2D eigenvalue weighted by molar-refractivity contribution is -0.143. The number of aryl methyl sites for hydroxylation is 1. The molecular formula is C22H29N3O4. The average Bonchev–Trinajstić information content (AvgIpc) is 3.47. The lowest BCUT2D eigenvalue weighted by Gasteiger charge is -2.44. The zero-order valence-electron chi connectivity index (χ0n) is 17.1. The van der Waals surface area contributed by atoms with E-state index in [1.54, 1.807) is 11.0 Å². The molecular weight excluding hydrogens is 370 g/mol. The van der Waals surface area contributed by atoms with Crippen molar-refractivity contribution < 1.29 is 19.1 Å². The molecule has 0 aromatic heterocycles. The van der Waals surface area contributed by atoms with Crippen LogP contribution >= 0.6 is 0 Å². The lowest BCUT2D eigenvalue weighted by Crippen LogP contribution is -2.60. The van der Waals surface area contributed by atoms with Crippen molar-refractivity contribution in [1.29, 1.82) is 0 Å². The number of nitrogens with one attached hydrogen (secondary N) is 1. The van der Waals surface area contributed by atoms with E-state index in [2.05, 4.69) is 5.32 Å². The van der Waals surface area contributed by atoms with Gasteiger partial charge in [-0.2, -0.15) is 0 Å². The molecule has 2 aliphatic heterocycles. The fourth-order valence-corrected chi connectivity index (χ4v) is 4.36. The van der Waals surface area contributed by atoms with Gasteiger partial charge < -0.3 is 15.0 Å². The van der Waals surface area contributed by atoms with Gasteiger partial charge in [0.1, 0.15) is 11.8 Å². The maximum absolute atomic E-state index is 13.6. The van der Waals surface area contributed by atoms with Crippen LogP contribution in [0.2, 0.25) is 0 Å². The van der Waals surface area contributed by atoms with Gasteiger partial charge in [-0.25, -0.2) is 0 Å².